The van der Waals surface area contributed by atoms with Gasteiger partial charge in [-0.3, -0.25) is 0 Å². The van der Waals surface area contributed by atoms with Gasteiger partial charge >= 0.3 is 5.97 Å². The van der Waals surface area contributed by atoms with Crippen molar-refractivity contribution in [2.45, 2.75) is 96.8 Å². The molecule has 3 aliphatic heterocycles. The van der Waals surface area contributed by atoms with E-state index >= 15 is 0 Å². The number of carbonyl (C=O) groups is 1. The van der Waals surface area contributed by atoms with Gasteiger partial charge in [-0.25, -0.2) is 23.8 Å². The quantitative estimate of drug-likeness (QED) is 0.102. The van der Waals surface area contributed by atoms with Crippen LogP contribution >= 0.6 is 22.6 Å². The summed E-state index contributed by atoms with van der Waals surface area (Å²) < 4.78 is 32.5. The number of anilines is 2. The largest absolute Gasteiger partial charge is 0.460 e. The fourth-order valence-electron chi connectivity index (χ4n) is 7.47. The molecule has 4 aromatic heterocycles. The molecule has 1 unspecified atom stereocenters. The molecule has 3 aliphatic rings. The van der Waals surface area contributed by atoms with E-state index in [4.69, 9.17) is 35.2 Å². The minimum Gasteiger partial charge on any atom is -0.460 e. The average Bonchev–Trinajstić information content (AvgIpc) is 4.12. The summed E-state index contributed by atoms with van der Waals surface area (Å²) >= 11 is 2.19. The highest BCUT2D eigenvalue weighted by atomic mass is 127. The number of carbonyl (C=O) groups excluding carboxylic acids is 1. The lowest BCUT2D eigenvalue weighted by atomic mass is 9.93. The van der Waals surface area contributed by atoms with Gasteiger partial charge in [-0.15, -0.1) is 0 Å². The summed E-state index contributed by atoms with van der Waals surface area (Å²) in [5.41, 5.74) is 15.6. The Kier molecular flexibility index (Phi) is 15.8. The van der Waals surface area contributed by atoms with Gasteiger partial charge in [-0.05, 0) is 83.7 Å². The predicted molar refractivity (Wildman–Crippen MR) is 235 cm³/mol. The number of rotatable bonds is 9. The molecule has 16 heteroatoms. The first-order valence-corrected chi connectivity index (χ1v) is 21.4. The number of nitrogens with zero attached hydrogens (tertiary/aromatic N) is 6. The molecule has 2 aromatic carbocycles. The van der Waals surface area contributed by atoms with Gasteiger partial charge in [0.1, 0.15) is 45.3 Å². The molecule has 60 heavy (non-hydrogen) atoms. The zero-order chi connectivity index (χ0) is 42.6. The Morgan fingerprint density at radius 3 is 1.85 bits per heavy atom. The Balaban J connectivity index is 0.000000154. The van der Waals surface area contributed by atoms with Crippen LogP contribution in [-0.4, -0.2) is 77.9 Å². The second-order valence-corrected chi connectivity index (χ2v) is 16.0. The van der Waals surface area contributed by atoms with Gasteiger partial charge in [0, 0.05) is 25.0 Å². The molecule has 3 saturated heterocycles. The molecule has 0 saturated carbocycles. The molecule has 7 atom stereocenters. The Morgan fingerprint density at radius 2 is 1.32 bits per heavy atom. The maximum absolute atomic E-state index is 11.6. The van der Waals surface area contributed by atoms with Crippen LogP contribution < -0.4 is 11.5 Å². The summed E-state index contributed by atoms with van der Waals surface area (Å²) in [6.45, 7) is 11.0. The molecule has 9 rings (SSSR count). The highest BCUT2D eigenvalue weighted by Crippen LogP contribution is 2.44. The lowest BCUT2D eigenvalue weighted by Crippen LogP contribution is -2.41. The summed E-state index contributed by atoms with van der Waals surface area (Å²) in [6, 6.07) is 27.1. The van der Waals surface area contributed by atoms with Crippen molar-refractivity contribution in [3.63, 3.8) is 0 Å². The highest BCUT2D eigenvalue weighted by Gasteiger charge is 2.55. The fraction of sp³-hybridized carbons (Fsp3) is 0.432. The predicted octanol–water partition coefficient (Wildman–Crippen LogP) is 6.74. The maximum atomic E-state index is 11.6. The van der Waals surface area contributed by atoms with Crippen LogP contribution in [0.1, 0.15) is 70.2 Å². The van der Waals surface area contributed by atoms with Crippen LogP contribution in [0.5, 0.6) is 0 Å². The highest BCUT2D eigenvalue weighted by molar-refractivity contribution is 14.1. The van der Waals surface area contributed by atoms with Crippen molar-refractivity contribution in [2.24, 2.45) is 11.8 Å². The van der Waals surface area contributed by atoms with E-state index in [0.29, 0.717) is 36.1 Å². The van der Waals surface area contributed by atoms with E-state index in [1.807, 2.05) is 100 Å². The van der Waals surface area contributed by atoms with Crippen molar-refractivity contribution >= 4 is 51.2 Å². The van der Waals surface area contributed by atoms with Crippen LogP contribution in [-0.2, 0) is 47.5 Å². The molecule has 15 nitrogen and oxygen atoms in total. The fourth-order valence-corrected chi connectivity index (χ4v) is 8.03. The number of aromatic nitrogens is 6. The van der Waals surface area contributed by atoms with Crippen molar-refractivity contribution < 1.29 is 33.6 Å². The topological polar surface area (TPSA) is 196 Å². The first-order chi connectivity index (χ1) is 29.0. The number of benzene rings is 2. The van der Waals surface area contributed by atoms with Crippen LogP contribution in [0.3, 0.4) is 0 Å². The minimum absolute atomic E-state index is 0.00303. The second-order valence-electron chi connectivity index (χ2n) is 14.9. The van der Waals surface area contributed by atoms with Gasteiger partial charge in [0.15, 0.2) is 17.7 Å². The monoisotopic (exact) mass is 934 g/mol. The molecule has 0 spiro atoms. The summed E-state index contributed by atoms with van der Waals surface area (Å²) in [4.78, 5) is 19.5. The second kappa shape index (κ2) is 21.2. The number of ether oxygens (including phenoxy) is 5. The van der Waals surface area contributed by atoms with Gasteiger partial charge in [-0.1, -0.05) is 88.4 Å². The number of esters is 1. The number of hydrogen-bond acceptors (Lipinski definition) is 13. The number of nitrogens with two attached hydrogens (primary N) is 2. The molecule has 3 fully saturated rings. The molecule has 320 valence electrons. The molecular formula is C44H55IN8O7. The van der Waals surface area contributed by atoms with Gasteiger partial charge in [-0.2, -0.15) is 10.2 Å². The molecule has 0 radical (unpaired) electrons. The number of nitrogen functional groups attached to an aromatic ring is 2. The third-order valence-corrected chi connectivity index (χ3v) is 11.6. The Hall–Kier alpha value is -4.72. The third kappa shape index (κ3) is 10.6. The third-order valence-electron chi connectivity index (χ3n) is 10.8. The Morgan fingerprint density at radius 1 is 0.767 bits per heavy atom. The van der Waals surface area contributed by atoms with Crippen molar-refractivity contribution in [2.75, 3.05) is 24.7 Å². The van der Waals surface area contributed by atoms with Gasteiger partial charge in [0.05, 0.1) is 19.3 Å². The first kappa shape index (κ1) is 44.8. The standard InChI is InChI=1S/C20H24N4O3.C14H18O3.C6H5IN4.C4H8O/c1-3-16-13(2)18(26-11-14-7-5-4-6-8-14)20(25,27-16)17-10-9-15-19(21)22-12-23-24(15)17;1-3-12-10(2)13(14(15)17-12)16-9-11-7-5-4-6-8-11;7-5-2-1-4-6(8)9-3-10-11(4)5;1-2-4-5-3-1/h4-10,12-13,16,18,25H,3,11H2,1-2H3,(H2,21,22,23);4-8,10,12-13H,3,9H2,1-2H3;1-3H,(H2,8,9,10);1-4H2/t13-,16-,18-,20?;10-,12-,13-;;/m11../s1. The van der Waals surface area contributed by atoms with Gasteiger partial charge in [0.25, 0.3) is 0 Å². The molecule has 0 aliphatic carbocycles. The summed E-state index contributed by atoms with van der Waals surface area (Å²) in [6.07, 6.45) is 5.91. The molecule has 0 bridgehead atoms. The SMILES string of the molecule is C1CCOC1.CC[C@H]1OC(=O)[C@H](OCc2ccccc2)[C@@H]1C.CC[C@H]1OC(O)(c2ccc3c(N)ncnn23)[C@H](OCc2ccccc2)[C@@H]1C.Nc1ncnn2c(I)ccc12. The molecule has 0 amide bonds. The number of cyclic esters (lactones) is 1. The van der Waals surface area contributed by atoms with E-state index in [1.165, 1.54) is 25.5 Å². The van der Waals surface area contributed by atoms with E-state index in [0.717, 1.165) is 46.4 Å². The van der Waals surface area contributed by atoms with E-state index in [2.05, 4.69) is 42.8 Å². The summed E-state index contributed by atoms with van der Waals surface area (Å²) in [5, 5.41) is 19.9. The summed E-state index contributed by atoms with van der Waals surface area (Å²) in [7, 11) is 0. The van der Waals surface area contributed by atoms with Gasteiger partial charge in [0.2, 0.25) is 5.79 Å². The number of fused-ring (bicyclic) bond motifs is 2. The lowest BCUT2D eigenvalue weighted by Gasteiger charge is -2.29. The minimum atomic E-state index is -1.62. The van der Waals surface area contributed by atoms with Crippen LogP contribution in [0.2, 0.25) is 0 Å². The van der Waals surface area contributed by atoms with E-state index in [9.17, 15) is 9.90 Å². The van der Waals surface area contributed by atoms with Crippen LogP contribution in [0.25, 0.3) is 11.0 Å². The molecule has 7 heterocycles. The van der Waals surface area contributed by atoms with E-state index < -0.39 is 18.0 Å². The lowest BCUT2D eigenvalue weighted by molar-refractivity contribution is -0.251. The van der Waals surface area contributed by atoms with Crippen molar-refractivity contribution in [3.05, 3.63) is 118 Å². The van der Waals surface area contributed by atoms with Crippen LogP contribution in [0, 0.1) is 15.5 Å². The number of aliphatic hydroxyl groups is 1. The molecule has 6 aromatic rings. The average molecular weight is 935 g/mol. The van der Waals surface area contributed by atoms with Crippen LogP contribution in [0.4, 0.5) is 11.6 Å². The first-order valence-electron chi connectivity index (χ1n) is 20.4. The summed E-state index contributed by atoms with van der Waals surface area (Å²) in [5.74, 6) is -0.838. The van der Waals surface area contributed by atoms with Crippen molar-refractivity contribution in [1.82, 2.24) is 29.2 Å². The normalized spacial score (nSPS) is 24.5. The van der Waals surface area contributed by atoms with Crippen LogP contribution in [0.15, 0.2) is 97.6 Å². The number of halogens is 1. The molecular weight excluding hydrogens is 879 g/mol. The van der Waals surface area contributed by atoms with Crippen molar-refractivity contribution in [3.8, 4) is 0 Å². The Bertz CT molecular complexity index is 2250. The smallest absolute Gasteiger partial charge is 0.335 e. The number of hydrogen-bond donors (Lipinski definition) is 3. The maximum Gasteiger partial charge on any atom is 0.335 e. The van der Waals surface area contributed by atoms with Gasteiger partial charge < -0.3 is 40.3 Å². The zero-order valence-corrected chi connectivity index (χ0v) is 36.6. The van der Waals surface area contributed by atoms with E-state index in [-0.39, 0.29) is 30.0 Å². The molecule has 5 N–H and O–H groups in total. The zero-order valence-electron chi connectivity index (χ0n) is 34.5. The van der Waals surface area contributed by atoms with E-state index in [1.54, 1.807) is 21.2 Å². The van der Waals surface area contributed by atoms with Crippen molar-refractivity contribution in [1.29, 1.82) is 0 Å². The Labute approximate surface area is 363 Å².